The molecular weight excluding hydrogens is 376 g/mol. The van der Waals surface area contributed by atoms with Gasteiger partial charge in [-0.3, -0.25) is 19.3 Å². The number of nitrogens with zero attached hydrogens (tertiary/aromatic N) is 2. The number of amides is 3. The van der Waals surface area contributed by atoms with Gasteiger partial charge in [0.15, 0.2) is 0 Å². The fourth-order valence-electron chi connectivity index (χ4n) is 3.23. The van der Waals surface area contributed by atoms with Crippen LogP contribution in [0.25, 0.3) is 0 Å². The first-order valence-electron chi connectivity index (χ1n) is 9.22. The summed E-state index contributed by atoms with van der Waals surface area (Å²) in [6.07, 6.45) is 0.820. The number of rotatable bonds is 5. The molecule has 1 aromatic carbocycles. The van der Waals surface area contributed by atoms with E-state index < -0.39 is 5.91 Å². The standard InChI is InChI=1S/C20H24N4O3S/c1-14(19(26)22-17-5-3-15(4-6-17)18(21)25)23-8-2-9-24(11-10-23)20(27)16-7-12-28-13-16/h3-7,12-14H,2,8-11H2,1H3,(H2,21,25)(H,22,26). The van der Waals surface area contributed by atoms with Gasteiger partial charge in [-0.15, -0.1) is 0 Å². The molecule has 8 heteroatoms. The van der Waals surface area contributed by atoms with Crippen LogP contribution in [0.2, 0.25) is 0 Å². The largest absolute Gasteiger partial charge is 0.366 e. The molecule has 1 aromatic heterocycles. The molecule has 1 fully saturated rings. The highest BCUT2D eigenvalue weighted by Crippen LogP contribution is 2.15. The third-order valence-corrected chi connectivity index (χ3v) is 5.63. The van der Waals surface area contributed by atoms with E-state index in [2.05, 4.69) is 10.2 Å². The van der Waals surface area contributed by atoms with Crippen LogP contribution < -0.4 is 11.1 Å². The lowest BCUT2D eigenvalue weighted by molar-refractivity contribution is -0.120. The van der Waals surface area contributed by atoms with Gasteiger partial charge >= 0.3 is 0 Å². The van der Waals surface area contributed by atoms with Crippen LogP contribution in [0.1, 0.15) is 34.1 Å². The molecule has 28 heavy (non-hydrogen) atoms. The molecule has 0 radical (unpaired) electrons. The molecule has 3 N–H and O–H groups in total. The molecule has 2 heterocycles. The number of carbonyl (C=O) groups is 3. The molecule has 1 aliphatic rings. The zero-order valence-corrected chi connectivity index (χ0v) is 16.6. The Kier molecular flexibility index (Phi) is 6.43. The molecule has 0 spiro atoms. The summed E-state index contributed by atoms with van der Waals surface area (Å²) in [5.74, 6) is -0.573. The monoisotopic (exact) mass is 400 g/mol. The maximum atomic E-state index is 12.6. The van der Waals surface area contributed by atoms with Gasteiger partial charge < -0.3 is 16.0 Å². The normalized spacial score (nSPS) is 16.2. The average Bonchev–Trinajstić information content (AvgIpc) is 3.12. The van der Waals surface area contributed by atoms with Crippen molar-refractivity contribution >= 4 is 34.7 Å². The van der Waals surface area contributed by atoms with E-state index >= 15 is 0 Å². The predicted octanol–water partition coefficient (Wildman–Crippen LogP) is 2.02. The predicted molar refractivity (Wildman–Crippen MR) is 109 cm³/mol. The number of benzene rings is 1. The maximum absolute atomic E-state index is 12.6. The van der Waals surface area contributed by atoms with Gasteiger partial charge in [0.2, 0.25) is 11.8 Å². The van der Waals surface area contributed by atoms with Crippen LogP contribution >= 0.6 is 11.3 Å². The minimum atomic E-state index is -0.502. The summed E-state index contributed by atoms with van der Waals surface area (Å²) in [5, 5.41) is 6.64. The second-order valence-corrected chi connectivity index (χ2v) is 7.58. The van der Waals surface area contributed by atoms with Crippen molar-refractivity contribution in [3.63, 3.8) is 0 Å². The van der Waals surface area contributed by atoms with Crippen molar-refractivity contribution in [3.8, 4) is 0 Å². The summed E-state index contributed by atoms with van der Waals surface area (Å²) < 4.78 is 0. The number of primary amides is 1. The van der Waals surface area contributed by atoms with Gasteiger partial charge in [0, 0.05) is 42.8 Å². The second kappa shape index (κ2) is 8.99. The van der Waals surface area contributed by atoms with Gasteiger partial charge in [0.1, 0.15) is 0 Å². The Morgan fingerprint density at radius 3 is 2.43 bits per heavy atom. The maximum Gasteiger partial charge on any atom is 0.254 e. The highest BCUT2D eigenvalue weighted by Gasteiger charge is 2.26. The Morgan fingerprint density at radius 1 is 1.04 bits per heavy atom. The van der Waals surface area contributed by atoms with E-state index in [0.717, 1.165) is 18.5 Å². The second-order valence-electron chi connectivity index (χ2n) is 6.80. The van der Waals surface area contributed by atoms with Gasteiger partial charge in [0.25, 0.3) is 5.91 Å². The SMILES string of the molecule is CC(C(=O)Nc1ccc(C(N)=O)cc1)N1CCCN(C(=O)c2ccsc2)CC1. The number of thiophene rings is 1. The summed E-state index contributed by atoms with van der Waals surface area (Å²) in [7, 11) is 0. The van der Waals surface area contributed by atoms with Crippen LogP contribution in [0.3, 0.4) is 0 Å². The Balaban J connectivity index is 1.56. The summed E-state index contributed by atoms with van der Waals surface area (Å²) in [4.78, 5) is 40.2. The molecule has 2 aromatic rings. The highest BCUT2D eigenvalue weighted by atomic mass is 32.1. The highest BCUT2D eigenvalue weighted by molar-refractivity contribution is 7.08. The van der Waals surface area contributed by atoms with E-state index in [4.69, 9.17) is 5.73 Å². The molecule has 0 saturated carbocycles. The fourth-order valence-corrected chi connectivity index (χ4v) is 3.86. The molecule has 0 aliphatic carbocycles. The van der Waals surface area contributed by atoms with Crippen LogP contribution in [-0.4, -0.2) is 59.7 Å². The molecule has 3 rings (SSSR count). The van der Waals surface area contributed by atoms with Gasteiger partial charge in [0.05, 0.1) is 11.6 Å². The molecule has 148 valence electrons. The number of nitrogens with one attached hydrogen (secondary N) is 1. The smallest absolute Gasteiger partial charge is 0.254 e. The van der Waals surface area contributed by atoms with E-state index in [-0.39, 0.29) is 17.9 Å². The Bertz CT molecular complexity index is 836. The van der Waals surface area contributed by atoms with E-state index in [1.54, 1.807) is 24.3 Å². The molecule has 0 bridgehead atoms. The van der Waals surface area contributed by atoms with Crippen LogP contribution in [0.5, 0.6) is 0 Å². The lowest BCUT2D eigenvalue weighted by atomic mass is 10.2. The van der Waals surface area contributed by atoms with Crippen LogP contribution in [0, 0.1) is 0 Å². The number of anilines is 1. The quantitative estimate of drug-likeness (QED) is 0.803. The van der Waals surface area contributed by atoms with E-state index in [9.17, 15) is 14.4 Å². The van der Waals surface area contributed by atoms with Gasteiger partial charge in [-0.2, -0.15) is 11.3 Å². The van der Waals surface area contributed by atoms with Crippen molar-refractivity contribution in [1.29, 1.82) is 0 Å². The third kappa shape index (κ3) is 4.76. The van der Waals surface area contributed by atoms with Gasteiger partial charge in [-0.25, -0.2) is 0 Å². The van der Waals surface area contributed by atoms with Crippen molar-refractivity contribution in [3.05, 3.63) is 52.2 Å². The lowest BCUT2D eigenvalue weighted by Gasteiger charge is -2.27. The number of carbonyl (C=O) groups excluding carboxylic acids is 3. The molecule has 7 nitrogen and oxygen atoms in total. The van der Waals surface area contributed by atoms with Crippen molar-refractivity contribution in [2.75, 3.05) is 31.5 Å². The van der Waals surface area contributed by atoms with E-state index in [0.29, 0.717) is 30.9 Å². The Labute approximate surface area is 168 Å². The van der Waals surface area contributed by atoms with Gasteiger partial charge in [-0.05, 0) is 49.1 Å². The lowest BCUT2D eigenvalue weighted by Crippen LogP contribution is -2.44. The molecule has 1 aliphatic heterocycles. The average molecular weight is 401 g/mol. The first kappa shape index (κ1) is 20.0. The Morgan fingerprint density at radius 2 is 1.79 bits per heavy atom. The van der Waals surface area contributed by atoms with Crippen LogP contribution in [0.15, 0.2) is 41.1 Å². The summed E-state index contributed by atoms with van der Waals surface area (Å²) >= 11 is 1.51. The number of hydrogen-bond donors (Lipinski definition) is 2. The molecule has 1 unspecified atom stereocenters. The van der Waals surface area contributed by atoms with E-state index in [1.165, 1.54) is 11.3 Å². The topological polar surface area (TPSA) is 95.7 Å². The van der Waals surface area contributed by atoms with Crippen molar-refractivity contribution in [2.45, 2.75) is 19.4 Å². The minimum Gasteiger partial charge on any atom is -0.366 e. The summed E-state index contributed by atoms with van der Waals surface area (Å²) in [6.45, 7) is 4.55. The van der Waals surface area contributed by atoms with E-state index in [1.807, 2.05) is 28.7 Å². The summed E-state index contributed by atoms with van der Waals surface area (Å²) in [6, 6.07) is 8.01. The Hall–Kier alpha value is -2.71. The zero-order chi connectivity index (χ0) is 20.1. The molecule has 3 amide bonds. The van der Waals surface area contributed by atoms with Gasteiger partial charge in [-0.1, -0.05) is 0 Å². The summed E-state index contributed by atoms with van der Waals surface area (Å²) in [5.41, 5.74) is 6.97. The first-order chi connectivity index (χ1) is 13.5. The van der Waals surface area contributed by atoms with Crippen molar-refractivity contribution < 1.29 is 14.4 Å². The number of nitrogens with two attached hydrogens (primary N) is 1. The fraction of sp³-hybridized carbons (Fsp3) is 0.350. The van der Waals surface area contributed by atoms with Crippen LogP contribution in [0.4, 0.5) is 5.69 Å². The first-order valence-corrected chi connectivity index (χ1v) is 10.2. The van der Waals surface area contributed by atoms with Crippen LogP contribution in [-0.2, 0) is 4.79 Å². The molecule has 1 saturated heterocycles. The van der Waals surface area contributed by atoms with Crippen molar-refractivity contribution in [1.82, 2.24) is 9.80 Å². The molecule has 1 atom stereocenters. The third-order valence-electron chi connectivity index (χ3n) is 4.95. The molecular formula is C20H24N4O3S. The van der Waals surface area contributed by atoms with Crippen molar-refractivity contribution in [2.24, 2.45) is 5.73 Å². The zero-order valence-electron chi connectivity index (χ0n) is 15.8. The number of hydrogen-bond acceptors (Lipinski definition) is 5. The minimum absolute atomic E-state index is 0.0507.